The van der Waals surface area contributed by atoms with Crippen molar-refractivity contribution in [1.29, 1.82) is 5.26 Å². The average molecular weight is 407 g/mol. The second-order valence-electron chi connectivity index (χ2n) is 5.38. The summed E-state index contributed by atoms with van der Waals surface area (Å²) in [6.07, 6.45) is 4.12. The van der Waals surface area contributed by atoms with Crippen LogP contribution in [0.5, 0.6) is 11.6 Å². The number of nitrogens with zero attached hydrogens (tertiary/aromatic N) is 4. The number of rotatable bonds is 5. The van der Waals surface area contributed by atoms with Gasteiger partial charge in [-0.25, -0.2) is 9.78 Å². The molecule has 144 valence electrons. The lowest BCUT2D eigenvalue weighted by atomic mass is 10.2. The van der Waals surface area contributed by atoms with Crippen LogP contribution in [-0.2, 0) is 14.3 Å². The summed E-state index contributed by atoms with van der Waals surface area (Å²) < 4.78 is 10.1. The van der Waals surface area contributed by atoms with E-state index >= 15 is 0 Å². The highest BCUT2D eigenvalue weighted by molar-refractivity contribution is 8.18. The molecule has 0 radical (unpaired) electrons. The summed E-state index contributed by atoms with van der Waals surface area (Å²) in [5.41, 5.74) is 1.08. The maximum atomic E-state index is 11.7. The van der Waals surface area contributed by atoms with E-state index < -0.39 is 11.9 Å². The molecule has 1 aliphatic rings. The van der Waals surface area contributed by atoms with Crippen LogP contribution in [0.25, 0.3) is 0 Å². The van der Waals surface area contributed by atoms with Crippen LogP contribution in [0.2, 0.25) is 0 Å². The van der Waals surface area contributed by atoms with Gasteiger partial charge < -0.3 is 9.47 Å². The van der Waals surface area contributed by atoms with Crippen molar-refractivity contribution in [3.8, 4) is 17.7 Å². The number of amidine groups is 1. The maximum absolute atomic E-state index is 11.7. The van der Waals surface area contributed by atoms with E-state index in [1.807, 2.05) is 6.07 Å². The summed E-state index contributed by atoms with van der Waals surface area (Å²) in [6, 6.07) is 12.2. The minimum Gasteiger partial charge on any atom is -0.466 e. The van der Waals surface area contributed by atoms with Crippen LogP contribution >= 0.6 is 11.8 Å². The Balaban J connectivity index is 1.63. The van der Waals surface area contributed by atoms with E-state index in [1.54, 1.807) is 42.6 Å². The van der Waals surface area contributed by atoms with E-state index in [1.165, 1.54) is 13.3 Å². The van der Waals surface area contributed by atoms with E-state index in [4.69, 9.17) is 10.00 Å². The van der Waals surface area contributed by atoms with E-state index in [-0.39, 0.29) is 16.0 Å². The van der Waals surface area contributed by atoms with Crippen LogP contribution in [0.3, 0.4) is 0 Å². The zero-order chi connectivity index (χ0) is 20.6. The average Bonchev–Trinajstić information content (AvgIpc) is 3.08. The molecule has 0 aliphatic carbocycles. The van der Waals surface area contributed by atoms with Gasteiger partial charge in [0.1, 0.15) is 17.4 Å². The smallest absolute Gasteiger partial charge is 0.331 e. The van der Waals surface area contributed by atoms with Gasteiger partial charge >= 0.3 is 5.97 Å². The van der Waals surface area contributed by atoms with Crippen molar-refractivity contribution in [3.63, 3.8) is 0 Å². The number of hydrogen-bond acceptors (Lipinski definition) is 9. The Morgan fingerprint density at radius 1 is 1.31 bits per heavy atom. The SMILES string of the molecule is COC(=O)/C=C1/S/C(=N\N=Cc2ccc(Oc3ncccc3C#N)cc2)NC1=O. The fraction of sp³-hybridized carbons (Fsp3) is 0.0526. The monoisotopic (exact) mass is 407 g/mol. The maximum Gasteiger partial charge on any atom is 0.331 e. The zero-order valence-electron chi connectivity index (χ0n) is 15.0. The van der Waals surface area contributed by atoms with Gasteiger partial charge in [-0.15, -0.1) is 5.10 Å². The Morgan fingerprint density at radius 3 is 2.83 bits per heavy atom. The van der Waals surface area contributed by atoms with Gasteiger partial charge in [0.15, 0.2) is 5.17 Å². The Kier molecular flexibility index (Phi) is 6.34. The molecule has 1 aliphatic heterocycles. The number of thioether (sulfide) groups is 1. The third-order valence-corrected chi connectivity index (χ3v) is 4.34. The Labute approximate surface area is 169 Å². The Morgan fingerprint density at radius 2 is 2.10 bits per heavy atom. The van der Waals surface area contributed by atoms with Crippen LogP contribution < -0.4 is 10.1 Å². The molecule has 1 aromatic heterocycles. The van der Waals surface area contributed by atoms with Crippen molar-refractivity contribution in [1.82, 2.24) is 10.3 Å². The van der Waals surface area contributed by atoms with Crippen molar-refractivity contribution in [2.45, 2.75) is 0 Å². The highest BCUT2D eigenvalue weighted by Gasteiger charge is 2.24. The van der Waals surface area contributed by atoms with E-state index in [0.717, 1.165) is 23.4 Å². The number of nitrogens with one attached hydrogen (secondary N) is 1. The first-order valence-corrected chi connectivity index (χ1v) is 8.93. The first-order valence-electron chi connectivity index (χ1n) is 8.12. The molecule has 10 heteroatoms. The van der Waals surface area contributed by atoms with E-state index in [0.29, 0.717) is 11.3 Å². The van der Waals surface area contributed by atoms with Crippen molar-refractivity contribution >= 4 is 35.0 Å². The van der Waals surface area contributed by atoms with Gasteiger partial charge in [0, 0.05) is 12.3 Å². The summed E-state index contributed by atoms with van der Waals surface area (Å²) in [7, 11) is 1.23. The van der Waals surface area contributed by atoms with Crippen LogP contribution in [0, 0.1) is 11.3 Å². The normalized spacial score (nSPS) is 16.1. The molecule has 1 fully saturated rings. The molecular weight excluding hydrogens is 394 g/mol. The largest absolute Gasteiger partial charge is 0.466 e. The summed E-state index contributed by atoms with van der Waals surface area (Å²) in [6.45, 7) is 0. The predicted molar refractivity (Wildman–Crippen MR) is 106 cm³/mol. The van der Waals surface area contributed by atoms with Crippen LogP contribution in [0.15, 0.2) is 63.8 Å². The number of amides is 1. The molecule has 3 rings (SSSR count). The number of aromatic nitrogens is 1. The standard InChI is InChI=1S/C19H13N5O4S/c1-27-16(25)9-15-17(26)23-19(29-15)24-22-11-12-4-6-14(7-5-12)28-18-13(10-20)3-2-8-21-18/h2-9,11H,1H3,(H,23,24,26)/b15-9+,22-11?. The van der Waals surface area contributed by atoms with Gasteiger partial charge in [-0.2, -0.15) is 10.4 Å². The third-order valence-electron chi connectivity index (χ3n) is 3.44. The number of carbonyl (C=O) groups excluding carboxylic acids is 2. The van der Waals surface area contributed by atoms with Crippen LogP contribution in [0.1, 0.15) is 11.1 Å². The van der Waals surface area contributed by atoms with E-state index in [2.05, 4.69) is 25.2 Å². The Hall–Kier alpha value is -3.97. The molecule has 0 atom stereocenters. The highest BCUT2D eigenvalue weighted by Crippen LogP contribution is 2.24. The summed E-state index contributed by atoms with van der Waals surface area (Å²) in [4.78, 5) is 27.1. The number of carbonyl (C=O) groups is 2. The fourth-order valence-corrected chi connectivity index (χ4v) is 2.82. The third kappa shape index (κ3) is 5.27. The molecule has 0 saturated carbocycles. The molecule has 1 aromatic carbocycles. The van der Waals surface area contributed by atoms with Gasteiger partial charge in [0.25, 0.3) is 5.91 Å². The highest BCUT2D eigenvalue weighted by atomic mass is 32.2. The molecular formula is C19H13N5O4S. The molecule has 29 heavy (non-hydrogen) atoms. The van der Waals surface area contributed by atoms with Crippen molar-refractivity contribution in [2.24, 2.45) is 10.2 Å². The predicted octanol–water partition coefficient (Wildman–Crippen LogP) is 2.36. The number of hydrogen-bond donors (Lipinski definition) is 1. The molecule has 1 amide bonds. The van der Waals surface area contributed by atoms with Gasteiger partial charge in [-0.05, 0) is 53.7 Å². The molecule has 0 bridgehead atoms. The molecule has 2 aromatic rings. The second kappa shape index (κ2) is 9.29. The lowest BCUT2D eigenvalue weighted by Crippen LogP contribution is -2.19. The van der Waals surface area contributed by atoms with Crippen LogP contribution in [0.4, 0.5) is 0 Å². The topological polar surface area (TPSA) is 126 Å². The lowest BCUT2D eigenvalue weighted by molar-refractivity contribution is -0.135. The summed E-state index contributed by atoms with van der Waals surface area (Å²) >= 11 is 0.987. The lowest BCUT2D eigenvalue weighted by Gasteiger charge is -2.05. The number of nitriles is 1. The number of ether oxygens (including phenoxy) is 2. The van der Waals surface area contributed by atoms with Gasteiger partial charge in [-0.1, -0.05) is 0 Å². The molecule has 1 N–H and O–H groups in total. The van der Waals surface area contributed by atoms with Gasteiger partial charge in [-0.3, -0.25) is 10.1 Å². The number of methoxy groups -OCH3 is 1. The minimum atomic E-state index is -0.623. The van der Waals surface area contributed by atoms with Crippen molar-refractivity contribution in [3.05, 3.63) is 64.7 Å². The molecule has 1 saturated heterocycles. The summed E-state index contributed by atoms with van der Waals surface area (Å²) in [5.74, 6) is -0.322. The molecule has 2 heterocycles. The van der Waals surface area contributed by atoms with Crippen molar-refractivity contribution < 1.29 is 19.1 Å². The van der Waals surface area contributed by atoms with Gasteiger partial charge in [0.2, 0.25) is 5.88 Å². The first kappa shape index (κ1) is 19.8. The fourth-order valence-electron chi connectivity index (χ4n) is 2.08. The molecule has 0 unspecified atom stereocenters. The van der Waals surface area contributed by atoms with E-state index in [9.17, 15) is 9.59 Å². The number of esters is 1. The number of benzene rings is 1. The van der Waals surface area contributed by atoms with Gasteiger partial charge in [0.05, 0.1) is 18.2 Å². The quantitative estimate of drug-likeness (QED) is 0.349. The zero-order valence-corrected chi connectivity index (χ0v) is 15.8. The first-order chi connectivity index (χ1) is 14.1. The summed E-state index contributed by atoms with van der Waals surface area (Å²) in [5, 5.41) is 19.6. The Bertz CT molecular complexity index is 1070. The second-order valence-corrected chi connectivity index (χ2v) is 6.41. The van der Waals surface area contributed by atoms with Crippen molar-refractivity contribution in [2.75, 3.05) is 7.11 Å². The van der Waals surface area contributed by atoms with Crippen LogP contribution in [-0.4, -0.2) is 35.4 Å². The molecule has 9 nitrogen and oxygen atoms in total. The number of pyridine rings is 1. The minimum absolute atomic E-state index is 0.179. The molecule has 0 spiro atoms.